The van der Waals surface area contributed by atoms with E-state index >= 15 is 0 Å². The van der Waals surface area contributed by atoms with Crippen molar-refractivity contribution in [3.8, 4) is 0 Å². The lowest BCUT2D eigenvalue weighted by Gasteiger charge is -2.14. The summed E-state index contributed by atoms with van der Waals surface area (Å²) in [5.74, 6) is 0.946. The van der Waals surface area contributed by atoms with Crippen molar-refractivity contribution in [1.29, 1.82) is 0 Å². The van der Waals surface area contributed by atoms with E-state index in [9.17, 15) is 4.79 Å². The van der Waals surface area contributed by atoms with E-state index in [4.69, 9.17) is 4.42 Å². The number of nitrogens with zero attached hydrogens (tertiary/aromatic N) is 1. The summed E-state index contributed by atoms with van der Waals surface area (Å²) in [6, 6.07) is 0. The van der Waals surface area contributed by atoms with Crippen molar-refractivity contribution in [3.05, 3.63) is 17.3 Å². The normalized spacial score (nSPS) is 11.7. The number of aryl methyl sites for hydroxylation is 1. The molecule has 1 aromatic heterocycles. The molecule has 1 aromatic rings. The molecular formula is C9H13NO2. The number of hydrogen-bond acceptors (Lipinski definition) is 3. The lowest BCUT2D eigenvalue weighted by molar-refractivity contribution is 0.109. The first kappa shape index (κ1) is 8.97. The fourth-order valence-corrected chi connectivity index (χ4v) is 1.16. The Hall–Kier alpha value is -1.12. The highest BCUT2D eigenvalue weighted by atomic mass is 16.4. The number of hydrogen-bond donors (Lipinski definition) is 0. The van der Waals surface area contributed by atoms with E-state index in [2.05, 4.69) is 4.98 Å². The van der Waals surface area contributed by atoms with Crippen molar-refractivity contribution in [2.75, 3.05) is 0 Å². The van der Waals surface area contributed by atoms with Gasteiger partial charge in [0.05, 0.1) is 5.69 Å². The third kappa shape index (κ3) is 1.55. The van der Waals surface area contributed by atoms with Crippen molar-refractivity contribution in [2.24, 2.45) is 0 Å². The van der Waals surface area contributed by atoms with E-state index in [0.29, 0.717) is 6.29 Å². The topological polar surface area (TPSA) is 43.1 Å². The van der Waals surface area contributed by atoms with Gasteiger partial charge in [0.2, 0.25) is 6.29 Å². The number of rotatable bonds is 1. The zero-order valence-electron chi connectivity index (χ0n) is 7.84. The van der Waals surface area contributed by atoms with Gasteiger partial charge in [0.25, 0.3) is 5.89 Å². The van der Waals surface area contributed by atoms with Crippen LogP contribution in [-0.2, 0) is 5.41 Å². The molecule has 0 bridgehead atoms. The van der Waals surface area contributed by atoms with E-state index in [1.165, 1.54) is 0 Å². The second-order valence-corrected chi connectivity index (χ2v) is 3.83. The van der Waals surface area contributed by atoms with Crippen LogP contribution in [0.3, 0.4) is 0 Å². The second kappa shape index (κ2) is 2.73. The van der Waals surface area contributed by atoms with Crippen LogP contribution in [0.25, 0.3) is 0 Å². The predicted molar refractivity (Wildman–Crippen MR) is 45.3 cm³/mol. The summed E-state index contributed by atoms with van der Waals surface area (Å²) in [5, 5.41) is 0. The van der Waals surface area contributed by atoms with Crippen LogP contribution in [0.5, 0.6) is 0 Å². The molecule has 0 N–H and O–H groups in total. The van der Waals surface area contributed by atoms with Gasteiger partial charge in [0.15, 0.2) is 0 Å². The second-order valence-electron chi connectivity index (χ2n) is 3.83. The lowest BCUT2D eigenvalue weighted by atomic mass is 9.92. The molecule has 0 atom stereocenters. The minimum Gasteiger partial charge on any atom is -0.438 e. The fourth-order valence-electron chi connectivity index (χ4n) is 1.16. The maximum Gasteiger partial charge on any atom is 0.260 e. The van der Waals surface area contributed by atoms with Gasteiger partial charge in [-0.25, -0.2) is 4.98 Å². The van der Waals surface area contributed by atoms with Gasteiger partial charge in [-0.1, -0.05) is 20.8 Å². The van der Waals surface area contributed by atoms with E-state index in [1.807, 2.05) is 27.7 Å². The molecular weight excluding hydrogens is 154 g/mol. The zero-order chi connectivity index (χ0) is 9.35. The average Bonchev–Trinajstić information content (AvgIpc) is 2.29. The molecule has 0 radical (unpaired) electrons. The maximum atomic E-state index is 10.3. The molecule has 1 rings (SSSR count). The molecule has 1 heterocycles. The molecule has 0 aliphatic heterocycles. The monoisotopic (exact) mass is 167 g/mol. The van der Waals surface area contributed by atoms with Crippen molar-refractivity contribution < 1.29 is 9.21 Å². The van der Waals surface area contributed by atoms with E-state index in [-0.39, 0.29) is 11.3 Å². The van der Waals surface area contributed by atoms with Crippen molar-refractivity contribution in [3.63, 3.8) is 0 Å². The van der Waals surface area contributed by atoms with Crippen LogP contribution in [0.4, 0.5) is 0 Å². The highest BCUT2D eigenvalue weighted by molar-refractivity contribution is 5.67. The van der Waals surface area contributed by atoms with Gasteiger partial charge in [0.1, 0.15) is 5.76 Å². The lowest BCUT2D eigenvalue weighted by Crippen LogP contribution is -2.11. The summed E-state index contributed by atoms with van der Waals surface area (Å²) in [4.78, 5) is 14.3. The van der Waals surface area contributed by atoms with E-state index in [1.54, 1.807) is 0 Å². The van der Waals surface area contributed by atoms with Crippen molar-refractivity contribution in [1.82, 2.24) is 4.98 Å². The molecule has 0 unspecified atom stereocenters. The third-order valence-corrected chi connectivity index (χ3v) is 1.60. The molecule has 0 amide bonds. The number of aromatic nitrogens is 1. The van der Waals surface area contributed by atoms with Crippen LogP contribution in [0, 0.1) is 6.92 Å². The predicted octanol–water partition coefficient (Wildman–Crippen LogP) is 2.09. The highest BCUT2D eigenvalue weighted by Crippen LogP contribution is 2.25. The summed E-state index contributed by atoms with van der Waals surface area (Å²) in [7, 11) is 0. The number of oxazole rings is 1. The standard InChI is InChI=1S/C9H13NO2/c1-6-8(9(2,3)4)12-7(5-11)10-6/h5H,1-4H3. The summed E-state index contributed by atoms with van der Waals surface area (Å²) in [6.07, 6.45) is 0.627. The van der Waals surface area contributed by atoms with Gasteiger partial charge in [0, 0.05) is 5.41 Å². The first-order chi connectivity index (χ1) is 5.45. The molecule has 0 spiro atoms. The molecule has 0 saturated carbocycles. The van der Waals surface area contributed by atoms with Gasteiger partial charge < -0.3 is 4.42 Å². The van der Waals surface area contributed by atoms with E-state index in [0.717, 1.165) is 11.5 Å². The number of carbonyl (C=O) groups is 1. The zero-order valence-corrected chi connectivity index (χ0v) is 7.84. The Morgan fingerprint density at radius 2 is 2.00 bits per heavy atom. The fraction of sp³-hybridized carbons (Fsp3) is 0.556. The Labute approximate surface area is 71.8 Å². The summed E-state index contributed by atoms with van der Waals surface area (Å²) in [6.45, 7) is 7.91. The van der Waals surface area contributed by atoms with Gasteiger partial charge >= 0.3 is 0 Å². The van der Waals surface area contributed by atoms with Crippen LogP contribution in [0.2, 0.25) is 0 Å². The molecule has 0 saturated heterocycles. The summed E-state index contributed by atoms with van der Waals surface area (Å²) in [5.41, 5.74) is 0.711. The van der Waals surface area contributed by atoms with Crippen LogP contribution in [0.1, 0.15) is 42.9 Å². The Bertz CT molecular complexity index is 294. The Morgan fingerprint density at radius 1 is 1.42 bits per heavy atom. The Kier molecular flexibility index (Phi) is 2.04. The van der Waals surface area contributed by atoms with Crippen LogP contribution >= 0.6 is 0 Å². The van der Waals surface area contributed by atoms with Crippen LogP contribution < -0.4 is 0 Å². The van der Waals surface area contributed by atoms with Crippen molar-refractivity contribution in [2.45, 2.75) is 33.1 Å². The smallest absolute Gasteiger partial charge is 0.260 e. The molecule has 3 heteroatoms. The van der Waals surface area contributed by atoms with Crippen LogP contribution in [-0.4, -0.2) is 11.3 Å². The van der Waals surface area contributed by atoms with Gasteiger partial charge in [-0.05, 0) is 6.92 Å². The molecule has 12 heavy (non-hydrogen) atoms. The van der Waals surface area contributed by atoms with Crippen LogP contribution in [0.15, 0.2) is 4.42 Å². The molecule has 0 aliphatic rings. The summed E-state index contributed by atoms with van der Waals surface area (Å²) < 4.78 is 5.25. The first-order valence-corrected chi connectivity index (χ1v) is 3.88. The van der Waals surface area contributed by atoms with Gasteiger partial charge in [-0.15, -0.1) is 0 Å². The molecule has 0 aromatic carbocycles. The molecule has 66 valence electrons. The van der Waals surface area contributed by atoms with Crippen molar-refractivity contribution >= 4 is 6.29 Å². The Balaban J connectivity index is 3.16. The van der Waals surface area contributed by atoms with Gasteiger partial charge in [-0.3, -0.25) is 4.79 Å². The average molecular weight is 167 g/mol. The first-order valence-electron chi connectivity index (χ1n) is 3.88. The van der Waals surface area contributed by atoms with Gasteiger partial charge in [-0.2, -0.15) is 0 Å². The SMILES string of the molecule is Cc1nc(C=O)oc1C(C)(C)C. The molecule has 3 nitrogen and oxygen atoms in total. The quantitative estimate of drug-likeness (QED) is 0.601. The molecule has 0 aliphatic carbocycles. The van der Waals surface area contributed by atoms with E-state index < -0.39 is 0 Å². The maximum absolute atomic E-state index is 10.3. The third-order valence-electron chi connectivity index (χ3n) is 1.60. The highest BCUT2D eigenvalue weighted by Gasteiger charge is 2.22. The minimum atomic E-state index is -0.0850. The number of carbonyl (C=O) groups excluding carboxylic acids is 1. The largest absolute Gasteiger partial charge is 0.438 e. The summed E-state index contributed by atoms with van der Waals surface area (Å²) >= 11 is 0. The minimum absolute atomic E-state index is 0.0850. The number of aldehydes is 1. The molecule has 0 fully saturated rings. The Morgan fingerprint density at radius 3 is 2.25 bits per heavy atom.